The van der Waals surface area contributed by atoms with Crippen LogP contribution in [0, 0.1) is 20.8 Å². The van der Waals surface area contributed by atoms with Gasteiger partial charge in [0.2, 0.25) is 0 Å². The Hall–Kier alpha value is -3.30. The third-order valence-corrected chi connectivity index (χ3v) is 7.26. The van der Waals surface area contributed by atoms with Crippen molar-refractivity contribution < 1.29 is 33.6 Å². The van der Waals surface area contributed by atoms with Crippen LogP contribution in [0.25, 0.3) is 0 Å². The van der Waals surface area contributed by atoms with Crippen molar-refractivity contribution in [1.29, 1.82) is 0 Å². The van der Waals surface area contributed by atoms with Gasteiger partial charge in [0, 0.05) is 36.2 Å². The molecule has 1 N–H and O–H groups in total. The number of unbranched alkanes of at least 4 members (excludes halogenated alkanes) is 1. The number of nitrogens with zero attached hydrogens (tertiary/aromatic N) is 1. The quantitative estimate of drug-likeness (QED) is 0.149. The molecular formula is C34H41Cl2NO7. The van der Waals surface area contributed by atoms with Crippen LogP contribution in [-0.4, -0.2) is 61.1 Å². The summed E-state index contributed by atoms with van der Waals surface area (Å²) in [5, 5.41) is 10.5. The van der Waals surface area contributed by atoms with Gasteiger partial charge in [-0.15, -0.1) is 0 Å². The Bertz CT molecular complexity index is 1340. The highest BCUT2D eigenvalue weighted by atomic mass is 35.5. The molecule has 3 rings (SSSR count). The van der Waals surface area contributed by atoms with Crippen LogP contribution in [-0.2, 0) is 27.3 Å². The maximum absolute atomic E-state index is 13.3. The second kappa shape index (κ2) is 17.9. The van der Waals surface area contributed by atoms with E-state index in [-0.39, 0.29) is 13.0 Å². The fraction of sp³-hybridized carbons (Fsp3) is 0.412. The smallest absolute Gasteiger partial charge is 0.415 e. The number of aliphatic carboxylic acids is 1. The lowest BCUT2D eigenvalue weighted by Crippen LogP contribution is -2.37. The fourth-order valence-corrected chi connectivity index (χ4v) is 5.36. The van der Waals surface area contributed by atoms with Gasteiger partial charge >= 0.3 is 12.1 Å². The molecule has 1 amide bonds. The third-order valence-electron chi connectivity index (χ3n) is 6.83. The first-order valence-corrected chi connectivity index (χ1v) is 15.4. The van der Waals surface area contributed by atoms with Gasteiger partial charge < -0.3 is 29.0 Å². The Morgan fingerprint density at radius 2 is 1.52 bits per heavy atom. The van der Waals surface area contributed by atoms with E-state index in [0.717, 1.165) is 34.2 Å². The molecule has 0 saturated heterocycles. The van der Waals surface area contributed by atoms with Crippen molar-refractivity contribution in [3.8, 4) is 11.5 Å². The van der Waals surface area contributed by atoms with Crippen molar-refractivity contribution in [2.24, 2.45) is 0 Å². The highest BCUT2D eigenvalue weighted by Crippen LogP contribution is 2.25. The van der Waals surface area contributed by atoms with Crippen LogP contribution in [0.4, 0.5) is 4.79 Å². The number of halogens is 2. The zero-order valence-corrected chi connectivity index (χ0v) is 27.2. The molecule has 0 aliphatic carbocycles. The first-order valence-electron chi connectivity index (χ1n) is 14.7. The van der Waals surface area contributed by atoms with Crippen LogP contribution in [0.2, 0.25) is 10.0 Å². The van der Waals surface area contributed by atoms with Gasteiger partial charge in [0.25, 0.3) is 0 Å². The molecule has 0 aliphatic heterocycles. The number of hydrogen-bond acceptors (Lipinski definition) is 6. The Kier molecular flexibility index (Phi) is 14.3. The average molecular weight is 647 g/mol. The lowest BCUT2D eigenvalue weighted by molar-refractivity contribution is -0.149. The van der Waals surface area contributed by atoms with Crippen LogP contribution in [0.15, 0.2) is 54.6 Å². The monoisotopic (exact) mass is 645 g/mol. The van der Waals surface area contributed by atoms with E-state index in [1.807, 2.05) is 57.2 Å². The SMILES string of the molecule is CCOC(Cc1ccc(OCCN(CCCCOCc2cc(Cl)cc(Cl)c2)C(=O)Oc2c(C)cc(C)cc2C)cc1)C(=O)O. The standard InChI is InChI=1S/C34H41Cl2NO7/c1-5-42-31(33(38)39)20-26-8-10-30(11-9-26)43-15-13-37(34(40)44-32-24(3)16-23(2)17-25(32)4)12-6-7-14-41-22-27-18-28(35)21-29(36)19-27/h8-11,16-19,21,31H,5-7,12-15,20,22H2,1-4H3,(H,38,39). The molecule has 10 heteroatoms. The van der Waals surface area contributed by atoms with Crippen LogP contribution in [0.3, 0.4) is 0 Å². The lowest BCUT2D eigenvalue weighted by atomic mass is 10.1. The molecule has 1 atom stereocenters. The molecule has 238 valence electrons. The van der Waals surface area contributed by atoms with E-state index in [2.05, 4.69) is 0 Å². The summed E-state index contributed by atoms with van der Waals surface area (Å²) in [6.07, 6.45) is 0.368. The van der Waals surface area contributed by atoms with Gasteiger partial charge in [-0.2, -0.15) is 0 Å². The first-order chi connectivity index (χ1) is 21.0. The molecule has 0 heterocycles. The molecule has 0 fully saturated rings. The normalized spacial score (nSPS) is 11.7. The first kappa shape index (κ1) is 35.2. The fourth-order valence-electron chi connectivity index (χ4n) is 4.79. The van der Waals surface area contributed by atoms with Crippen molar-refractivity contribution in [3.05, 3.63) is 92.5 Å². The molecule has 44 heavy (non-hydrogen) atoms. The number of carboxylic acid groups (broad SMARTS) is 1. The molecule has 0 saturated carbocycles. The highest BCUT2D eigenvalue weighted by Gasteiger charge is 2.19. The zero-order valence-electron chi connectivity index (χ0n) is 25.7. The van der Waals surface area contributed by atoms with Crippen molar-refractivity contribution in [3.63, 3.8) is 0 Å². The molecule has 3 aromatic carbocycles. The maximum atomic E-state index is 13.3. The Labute approximate surface area is 269 Å². The molecule has 0 aliphatic rings. The summed E-state index contributed by atoms with van der Waals surface area (Å²) in [4.78, 5) is 26.3. The van der Waals surface area contributed by atoms with E-state index >= 15 is 0 Å². The minimum absolute atomic E-state index is 0.253. The second-order valence-corrected chi connectivity index (χ2v) is 11.5. The van der Waals surface area contributed by atoms with E-state index in [9.17, 15) is 14.7 Å². The Morgan fingerprint density at radius 3 is 2.14 bits per heavy atom. The number of carbonyl (C=O) groups excluding carboxylic acids is 1. The molecule has 0 bridgehead atoms. The van der Waals surface area contributed by atoms with Gasteiger partial charge in [-0.3, -0.25) is 0 Å². The van der Waals surface area contributed by atoms with Crippen molar-refractivity contribution in [2.75, 3.05) is 32.9 Å². The van der Waals surface area contributed by atoms with Crippen molar-refractivity contribution in [2.45, 2.75) is 59.7 Å². The van der Waals surface area contributed by atoms with Crippen LogP contribution in [0.5, 0.6) is 11.5 Å². The number of carboxylic acids is 1. The van der Waals surface area contributed by atoms with E-state index in [4.69, 9.17) is 42.1 Å². The minimum atomic E-state index is -0.993. The summed E-state index contributed by atoms with van der Waals surface area (Å²) in [5.41, 5.74) is 4.63. The number of carbonyl (C=O) groups is 2. The summed E-state index contributed by atoms with van der Waals surface area (Å²) in [7, 11) is 0. The van der Waals surface area contributed by atoms with Crippen LogP contribution >= 0.6 is 23.2 Å². The molecule has 8 nitrogen and oxygen atoms in total. The summed E-state index contributed by atoms with van der Waals surface area (Å²) < 4.78 is 22.9. The summed E-state index contributed by atoms with van der Waals surface area (Å²) in [6, 6.07) is 16.5. The van der Waals surface area contributed by atoms with Gasteiger partial charge in [0.15, 0.2) is 6.10 Å². The lowest BCUT2D eigenvalue weighted by Gasteiger charge is -2.23. The summed E-state index contributed by atoms with van der Waals surface area (Å²) in [6.45, 7) is 9.90. The molecule has 1 unspecified atom stereocenters. The highest BCUT2D eigenvalue weighted by molar-refractivity contribution is 6.34. The average Bonchev–Trinajstić information content (AvgIpc) is 2.95. The minimum Gasteiger partial charge on any atom is -0.492 e. The van der Waals surface area contributed by atoms with Gasteiger partial charge in [-0.25, -0.2) is 9.59 Å². The molecule has 0 spiro atoms. The molecular weight excluding hydrogens is 605 g/mol. The predicted octanol–water partition coefficient (Wildman–Crippen LogP) is 7.83. The van der Waals surface area contributed by atoms with Gasteiger partial charge in [0.1, 0.15) is 18.1 Å². The zero-order chi connectivity index (χ0) is 32.1. The van der Waals surface area contributed by atoms with E-state index in [1.54, 1.807) is 30.0 Å². The number of aryl methyl sites for hydroxylation is 3. The number of ether oxygens (including phenoxy) is 4. The second-order valence-electron chi connectivity index (χ2n) is 10.6. The van der Waals surface area contributed by atoms with E-state index in [0.29, 0.717) is 60.9 Å². The Balaban J connectivity index is 1.55. The number of amides is 1. The summed E-state index contributed by atoms with van der Waals surface area (Å²) >= 11 is 12.1. The topological polar surface area (TPSA) is 94.5 Å². The van der Waals surface area contributed by atoms with E-state index in [1.165, 1.54) is 0 Å². The largest absolute Gasteiger partial charge is 0.492 e. The predicted molar refractivity (Wildman–Crippen MR) is 172 cm³/mol. The molecule has 0 aromatic heterocycles. The van der Waals surface area contributed by atoms with Crippen LogP contribution in [0.1, 0.15) is 47.6 Å². The van der Waals surface area contributed by atoms with Crippen LogP contribution < -0.4 is 9.47 Å². The third kappa shape index (κ3) is 11.7. The molecule has 3 aromatic rings. The Morgan fingerprint density at radius 1 is 0.864 bits per heavy atom. The van der Waals surface area contributed by atoms with E-state index < -0.39 is 18.2 Å². The van der Waals surface area contributed by atoms with Gasteiger partial charge in [-0.05, 0) is 93.1 Å². The van der Waals surface area contributed by atoms with Crippen molar-refractivity contribution >= 4 is 35.3 Å². The molecule has 0 radical (unpaired) electrons. The number of rotatable bonds is 17. The summed E-state index contributed by atoms with van der Waals surface area (Å²) in [5.74, 6) is 0.190. The maximum Gasteiger partial charge on any atom is 0.415 e. The van der Waals surface area contributed by atoms with Gasteiger partial charge in [0.05, 0.1) is 13.2 Å². The number of hydrogen-bond donors (Lipinski definition) is 1. The van der Waals surface area contributed by atoms with Crippen molar-refractivity contribution in [1.82, 2.24) is 4.90 Å². The number of benzene rings is 3. The van der Waals surface area contributed by atoms with Gasteiger partial charge in [-0.1, -0.05) is 53.0 Å².